The third-order valence-corrected chi connectivity index (χ3v) is 9.55. The standard InChI is InChI=1S/C41H42N2O11/c1-20-34(46)38(50)39(51)41(52-20)54-31-19-29-33(36(48)28(31)18-24-8-4-10-25(17-24)40(42)43)35(47)27-13-14-30(53-21(2)45)26(32(27)37(29)49)12-11-23-7-3-6-22(16-23)9-5-15-44/h3-4,6-8,10-14,16-17,19-20,34,38-41,44,46,48,50-51H,5,9,15,18,42-43H2,1-2H3/b12-11+/t20-,34+,38+,39+,41+/m0/s1. The lowest BCUT2D eigenvalue weighted by molar-refractivity contribution is -0.268. The Hall–Kier alpha value is -5.25. The molecule has 4 aromatic carbocycles. The highest BCUT2D eigenvalue weighted by molar-refractivity contribution is 6.31. The average molecular weight is 739 g/mol. The van der Waals surface area contributed by atoms with E-state index in [4.69, 9.17) is 25.7 Å². The van der Waals surface area contributed by atoms with E-state index in [1.807, 2.05) is 24.3 Å². The number of rotatable bonds is 11. The predicted molar refractivity (Wildman–Crippen MR) is 197 cm³/mol. The highest BCUT2D eigenvalue weighted by Gasteiger charge is 2.44. The number of esters is 1. The molecule has 4 aromatic rings. The second kappa shape index (κ2) is 16.0. The van der Waals surface area contributed by atoms with Crippen LogP contribution in [0.5, 0.6) is 17.2 Å². The zero-order valence-electron chi connectivity index (χ0n) is 29.6. The molecule has 1 heterocycles. The van der Waals surface area contributed by atoms with Gasteiger partial charge in [-0.05, 0) is 66.3 Å². The molecule has 0 saturated carbocycles. The van der Waals surface area contributed by atoms with Crippen molar-refractivity contribution in [2.45, 2.75) is 70.0 Å². The van der Waals surface area contributed by atoms with Crippen molar-refractivity contribution in [1.29, 1.82) is 0 Å². The molecule has 0 aromatic heterocycles. The van der Waals surface area contributed by atoms with Crippen LogP contribution in [-0.2, 0) is 22.4 Å². The van der Waals surface area contributed by atoms with E-state index in [0.29, 0.717) is 24.0 Å². The van der Waals surface area contributed by atoms with E-state index in [-0.39, 0.29) is 57.9 Å². The minimum atomic E-state index is -1.73. The van der Waals surface area contributed by atoms with Gasteiger partial charge < -0.3 is 51.2 Å². The molecule has 6 rings (SSSR count). The van der Waals surface area contributed by atoms with E-state index in [0.717, 1.165) is 11.1 Å². The SMILES string of the molecule is CC(=O)Oc1ccc2c(c1/C=C/c1cccc(CCCO)c1)C(=O)c1cc(O[C@H]3O[C@@H](C)[C@@H](O)[C@@H](O)[C@H]3O)c(Cc3cccc(C(N)N)c3)c(O)c1C2=O. The van der Waals surface area contributed by atoms with Crippen molar-refractivity contribution in [1.82, 2.24) is 0 Å². The second-order valence-electron chi connectivity index (χ2n) is 13.4. The molecule has 1 saturated heterocycles. The van der Waals surface area contributed by atoms with Crippen molar-refractivity contribution in [3.8, 4) is 17.2 Å². The van der Waals surface area contributed by atoms with Crippen LogP contribution in [-0.4, -0.2) is 80.4 Å². The Labute approximate surface area is 311 Å². The quantitative estimate of drug-likeness (QED) is 0.0448. The Morgan fingerprint density at radius 1 is 0.870 bits per heavy atom. The van der Waals surface area contributed by atoms with Gasteiger partial charge in [0.05, 0.1) is 17.8 Å². The molecule has 0 spiro atoms. The lowest BCUT2D eigenvalue weighted by atomic mass is 9.79. The molecule has 9 N–H and O–H groups in total. The maximum absolute atomic E-state index is 14.6. The molecule has 13 heteroatoms. The van der Waals surface area contributed by atoms with Crippen molar-refractivity contribution >= 4 is 29.7 Å². The average Bonchev–Trinajstić information content (AvgIpc) is 3.14. The first kappa shape index (κ1) is 38.5. The highest BCUT2D eigenvalue weighted by atomic mass is 16.7. The first-order valence-electron chi connectivity index (χ1n) is 17.5. The molecule has 282 valence electrons. The molecule has 54 heavy (non-hydrogen) atoms. The van der Waals surface area contributed by atoms with Crippen molar-refractivity contribution in [2.75, 3.05) is 6.61 Å². The Morgan fingerprint density at radius 3 is 2.31 bits per heavy atom. The third kappa shape index (κ3) is 7.70. The van der Waals surface area contributed by atoms with Gasteiger partial charge in [-0.15, -0.1) is 0 Å². The number of ether oxygens (including phenoxy) is 3. The molecular weight excluding hydrogens is 696 g/mol. The topological polar surface area (TPSA) is 232 Å². The minimum Gasteiger partial charge on any atom is -0.507 e. The minimum absolute atomic E-state index is 0.0223. The maximum Gasteiger partial charge on any atom is 0.308 e. The van der Waals surface area contributed by atoms with E-state index in [1.165, 1.54) is 32.0 Å². The van der Waals surface area contributed by atoms with Crippen molar-refractivity contribution in [3.63, 3.8) is 0 Å². The van der Waals surface area contributed by atoms with Crippen molar-refractivity contribution in [3.05, 3.63) is 122 Å². The van der Waals surface area contributed by atoms with Gasteiger partial charge in [-0.2, -0.15) is 0 Å². The summed E-state index contributed by atoms with van der Waals surface area (Å²) in [7, 11) is 0. The summed E-state index contributed by atoms with van der Waals surface area (Å²) in [6.07, 6.45) is -3.67. The van der Waals surface area contributed by atoms with Crippen LogP contribution >= 0.6 is 0 Å². The number of fused-ring (bicyclic) bond motifs is 2. The van der Waals surface area contributed by atoms with E-state index >= 15 is 0 Å². The number of aliphatic hydroxyl groups excluding tert-OH is 4. The van der Waals surface area contributed by atoms with E-state index in [9.17, 15) is 39.9 Å². The maximum atomic E-state index is 14.6. The molecule has 0 radical (unpaired) electrons. The number of phenols is 1. The van der Waals surface area contributed by atoms with Crippen LogP contribution in [0.3, 0.4) is 0 Å². The van der Waals surface area contributed by atoms with Gasteiger partial charge in [-0.3, -0.25) is 14.4 Å². The van der Waals surface area contributed by atoms with Crippen LogP contribution in [0.25, 0.3) is 12.2 Å². The fourth-order valence-corrected chi connectivity index (χ4v) is 6.75. The van der Waals surface area contributed by atoms with Crippen LogP contribution in [0.4, 0.5) is 0 Å². The number of carbonyl (C=O) groups is 3. The predicted octanol–water partition coefficient (Wildman–Crippen LogP) is 2.90. The Balaban J connectivity index is 1.49. The molecular formula is C41H42N2O11. The fourth-order valence-electron chi connectivity index (χ4n) is 6.75. The molecule has 2 aliphatic rings. The first-order chi connectivity index (χ1) is 25.8. The highest BCUT2D eigenvalue weighted by Crippen LogP contribution is 2.44. The zero-order chi connectivity index (χ0) is 38.8. The number of hydrogen-bond acceptors (Lipinski definition) is 13. The summed E-state index contributed by atoms with van der Waals surface area (Å²) in [5.74, 6) is -2.72. The fraction of sp³-hybridized carbons (Fsp3) is 0.293. The largest absolute Gasteiger partial charge is 0.507 e. The van der Waals surface area contributed by atoms with Crippen LogP contribution < -0.4 is 20.9 Å². The Kier molecular flexibility index (Phi) is 11.4. The van der Waals surface area contributed by atoms with Gasteiger partial charge in [0, 0.05) is 47.8 Å². The molecule has 0 amide bonds. The lowest BCUT2D eigenvalue weighted by Gasteiger charge is -2.39. The van der Waals surface area contributed by atoms with Gasteiger partial charge in [0.15, 0.2) is 11.6 Å². The lowest BCUT2D eigenvalue weighted by Crippen LogP contribution is -2.58. The molecule has 13 nitrogen and oxygen atoms in total. The summed E-state index contributed by atoms with van der Waals surface area (Å²) < 4.78 is 17.3. The molecule has 0 unspecified atom stereocenters. The zero-order valence-corrected chi connectivity index (χ0v) is 29.6. The number of phenolic OH excluding ortho intramolecular Hbond substituents is 1. The smallest absolute Gasteiger partial charge is 0.308 e. The normalized spacial score (nSPS) is 20.9. The Bertz CT molecular complexity index is 2130. The van der Waals surface area contributed by atoms with E-state index < -0.39 is 60.2 Å². The van der Waals surface area contributed by atoms with Crippen LogP contribution in [0, 0.1) is 0 Å². The van der Waals surface area contributed by atoms with Gasteiger partial charge in [-0.25, -0.2) is 0 Å². The number of aliphatic hydroxyl groups is 4. The van der Waals surface area contributed by atoms with E-state index in [1.54, 1.807) is 36.4 Å². The van der Waals surface area contributed by atoms with Gasteiger partial charge in [0.1, 0.15) is 35.6 Å². The molecule has 1 fully saturated rings. The molecule has 0 bridgehead atoms. The van der Waals surface area contributed by atoms with Gasteiger partial charge in [-0.1, -0.05) is 54.6 Å². The van der Waals surface area contributed by atoms with E-state index in [2.05, 4.69) is 0 Å². The number of hydrogen-bond donors (Lipinski definition) is 7. The summed E-state index contributed by atoms with van der Waals surface area (Å²) in [6.45, 7) is 2.72. The van der Waals surface area contributed by atoms with Crippen molar-refractivity contribution in [2.24, 2.45) is 11.5 Å². The number of nitrogens with two attached hydrogens (primary N) is 2. The van der Waals surface area contributed by atoms with Gasteiger partial charge in [0.2, 0.25) is 6.29 Å². The summed E-state index contributed by atoms with van der Waals surface area (Å²) in [4.78, 5) is 41.1. The summed E-state index contributed by atoms with van der Waals surface area (Å²) in [5.41, 5.74) is 14.3. The van der Waals surface area contributed by atoms with Crippen LogP contribution in [0.15, 0.2) is 66.7 Å². The molecule has 5 atom stereocenters. The number of aromatic hydroxyl groups is 1. The molecule has 1 aliphatic carbocycles. The number of aryl methyl sites for hydroxylation is 1. The summed E-state index contributed by atoms with van der Waals surface area (Å²) in [6, 6.07) is 18.4. The van der Waals surface area contributed by atoms with Crippen LogP contribution in [0.2, 0.25) is 0 Å². The summed E-state index contributed by atoms with van der Waals surface area (Å²) >= 11 is 0. The Morgan fingerprint density at radius 2 is 1.59 bits per heavy atom. The number of ketones is 2. The summed E-state index contributed by atoms with van der Waals surface area (Å²) in [5, 5.41) is 52.8. The number of benzene rings is 4. The second-order valence-corrected chi connectivity index (χ2v) is 13.4. The van der Waals surface area contributed by atoms with Crippen LogP contribution in [0.1, 0.15) is 91.7 Å². The van der Waals surface area contributed by atoms with Crippen molar-refractivity contribution < 1.29 is 54.1 Å². The number of carbonyl (C=O) groups excluding carboxylic acids is 3. The first-order valence-corrected chi connectivity index (χ1v) is 17.5. The van der Waals surface area contributed by atoms with Gasteiger partial charge >= 0.3 is 5.97 Å². The third-order valence-electron chi connectivity index (χ3n) is 9.55. The monoisotopic (exact) mass is 738 g/mol. The molecule has 1 aliphatic heterocycles. The van der Waals surface area contributed by atoms with Gasteiger partial charge in [0.25, 0.3) is 0 Å².